The Morgan fingerprint density at radius 3 is 2.67 bits per heavy atom. The normalized spacial score (nSPS) is 13.9. The molecular formula is C20H21NO3. The highest BCUT2D eigenvalue weighted by atomic mass is 16.5. The summed E-state index contributed by atoms with van der Waals surface area (Å²) in [5.41, 5.74) is 4.76. The molecule has 1 atom stereocenters. The van der Waals surface area contributed by atoms with Crippen molar-refractivity contribution in [2.75, 3.05) is 5.32 Å². The average Bonchev–Trinajstić information content (AvgIpc) is 3.02. The van der Waals surface area contributed by atoms with Gasteiger partial charge in [0.25, 0.3) is 5.91 Å². The minimum atomic E-state index is -0.855. The topological polar surface area (TPSA) is 55.4 Å². The smallest absolute Gasteiger partial charge is 0.338 e. The van der Waals surface area contributed by atoms with Crippen molar-refractivity contribution >= 4 is 17.6 Å². The van der Waals surface area contributed by atoms with Gasteiger partial charge in [-0.1, -0.05) is 18.2 Å². The van der Waals surface area contributed by atoms with Crippen molar-refractivity contribution in [2.45, 2.75) is 39.2 Å². The number of hydrogen-bond acceptors (Lipinski definition) is 3. The van der Waals surface area contributed by atoms with Gasteiger partial charge in [0.1, 0.15) is 0 Å². The lowest BCUT2D eigenvalue weighted by Gasteiger charge is -2.14. The van der Waals surface area contributed by atoms with E-state index in [9.17, 15) is 9.59 Å². The van der Waals surface area contributed by atoms with Crippen LogP contribution in [-0.4, -0.2) is 18.0 Å². The van der Waals surface area contributed by atoms with Crippen LogP contribution in [0, 0.1) is 6.92 Å². The monoisotopic (exact) mass is 323 g/mol. The van der Waals surface area contributed by atoms with Crippen molar-refractivity contribution in [3.05, 3.63) is 64.7 Å². The van der Waals surface area contributed by atoms with Gasteiger partial charge >= 0.3 is 5.97 Å². The van der Waals surface area contributed by atoms with E-state index in [0.29, 0.717) is 11.3 Å². The van der Waals surface area contributed by atoms with Crippen LogP contribution in [0.3, 0.4) is 0 Å². The molecule has 0 aliphatic heterocycles. The molecule has 0 fully saturated rings. The molecule has 4 nitrogen and oxygen atoms in total. The Bertz CT molecular complexity index is 782. The summed E-state index contributed by atoms with van der Waals surface area (Å²) in [4.78, 5) is 24.5. The minimum absolute atomic E-state index is 0.338. The number of fused-ring (bicyclic) bond motifs is 1. The molecule has 124 valence electrons. The molecule has 2 aromatic carbocycles. The van der Waals surface area contributed by atoms with Crippen LogP contribution in [0.2, 0.25) is 0 Å². The maximum absolute atomic E-state index is 12.3. The van der Waals surface area contributed by atoms with E-state index in [1.807, 2.05) is 37.3 Å². The summed E-state index contributed by atoms with van der Waals surface area (Å²) >= 11 is 0. The van der Waals surface area contributed by atoms with E-state index in [1.54, 1.807) is 19.1 Å². The summed E-state index contributed by atoms with van der Waals surface area (Å²) in [7, 11) is 0. The molecule has 0 unspecified atom stereocenters. The fourth-order valence-corrected chi connectivity index (χ4v) is 2.95. The number of benzene rings is 2. The molecule has 0 saturated carbocycles. The first-order valence-electron chi connectivity index (χ1n) is 8.23. The van der Waals surface area contributed by atoms with Crippen molar-refractivity contribution in [2.24, 2.45) is 0 Å². The predicted octanol–water partition coefficient (Wildman–Crippen LogP) is 3.67. The number of carbonyl (C=O) groups is 2. The highest BCUT2D eigenvalue weighted by Crippen LogP contribution is 2.23. The van der Waals surface area contributed by atoms with Crippen LogP contribution in [-0.2, 0) is 22.4 Å². The van der Waals surface area contributed by atoms with Crippen molar-refractivity contribution in [1.29, 1.82) is 0 Å². The Balaban J connectivity index is 1.62. The SMILES string of the molecule is Cc1cccc(NC(=O)[C@H](C)OC(=O)c2ccc3c(c2)CCC3)c1. The Kier molecular flexibility index (Phi) is 4.65. The molecule has 0 heterocycles. The van der Waals surface area contributed by atoms with E-state index >= 15 is 0 Å². The van der Waals surface area contributed by atoms with Gasteiger partial charge in [0, 0.05) is 5.69 Å². The molecule has 1 amide bonds. The van der Waals surface area contributed by atoms with Gasteiger partial charge < -0.3 is 10.1 Å². The fraction of sp³-hybridized carbons (Fsp3) is 0.300. The summed E-state index contributed by atoms with van der Waals surface area (Å²) in [6.45, 7) is 3.53. The second kappa shape index (κ2) is 6.87. The average molecular weight is 323 g/mol. The maximum Gasteiger partial charge on any atom is 0.338 e. The van der Waals surface area contributed by atoms with Crippen LogP contribution in [0.15, 0.2) is 42.5 Å². The zero-order chi connectivity index (χ0) is 17.1. The van der Waals surface area contributed by atoms with Gasteiger partial charge in [0.2, 0.25) is 0 Å². The number of aryl methyl sites for hydroxylation is 3. The quantitative estimate of drug-likeness (QED) is 0.874. The van der Waals surface area contributed by atoms with E-state index in [-0.39, 0.29) is 5.91 Å². The summed E-state index contributed by atoms with van der Waals surface area (Å²) < 4.78 is 5.31. The molecule has 2 aromatic rings. The molecule has 0 bridgehead atoms. The number of hydrogen-bond donors (Lipinski definition) is 1. The van der Waals surface area contributed by atoms with Crippen LogP contribution in [0.25, 0.3) is 0 Å². The molecule has 4 heteroatoms. The van der Waals surface area contributed by atoms with Gasteiger partial charge in [-0.05, 0) is 74.1 Å². The summed E-state index contributed by atoms with van der Waals surface area (Å²) in [5.74, 6) is -0.799. The number of ether oxygens (including phenoxy) is 1. The predicted molar refractivity (Wildman–Crippen MR) is 93.2 cm³/mol. The lowest BCUT2D eigenvalue weighted by molar-refractivity contribution is -0.123. The highest BCUT2D eigenvalue weighted by molar-refractivity contribution is 5.97. The van der Waals surface area contributed by atoms with E-state index in [2.05, 4.69) is 5.32 Å². The van der Waals surface area contributed by atoms with Crippen molar-refractivity contribution in [3.63, 3.8) is 0 Å². The van der Waals surface area contributed by atoms with Crippen LogP contribution >= 0.6 is 0 Å². The number of nitrogens with one attached hydrogen (secondary N) is 1. The number of carbonyl (C=O) groups excluding carboxylic acids is 2. The first-order valence-corrected chi connectivity index (χ1v) is 8.23. The lowest BCUT2D eigenvalue weighted by atomic mass is 10.1. The summed E-state index contributed by atoms with van der Waals surface area (Å²) in [6.07, 6.45) is 2.34. The first-order chi connectivity index (χ1) is 11.5. The molecule has 0 aromatic heterocycles. The number of rotatable bonds is 4. The third-order valence-electron chi connectivity index (χ3n) is 4.27. The van der Waals surface area contributed by atoms with E-state index in [4.69, 9.17) is 4.74 Å². The van der Waals surface area contributed by atoms with Crippen molar-refractivity contribution in [1.82, 2.24) is 0 Å². The van der Waals surface area contributed by atoms with Crippen LogP contribution in [0.5, 0.6) is 0 Å². The van der Waals surface area contributed by atoms with Gasteiger partial charge in [-0.25, -0.2) is 4.79 Å². The summed E-state index contributed by atoms with van der Waals surface area (Å²) in [6, 6.07) is 13.1. The molecule has 0 spiro atoms. The lowest BCUT2D eigenvalue weighted by Crippen LogP contribution is -2.30. The van der Waals surface area contributed by atoms with Gasteiger partial charge in [0.05, 0.1) is 5.56 Å². The fourth-order valence-electron chi connectivity index (χ4n) is 2.95. The molecular weight excluding hydrogens is 302 g/mol. The molecule has 0 radical (unpaired) electrons. The van der Waals surface area contributed by atoms with E-state index in [0.717, 1.165) is 24.8 Å². The van der Waals surface area contributed by atoms with Gasteiger partial charge in [0.15, 0.2) is 6.10 Å². The van der Waals surface area contributed by atoms with Crippen molar-refractivity contribution in [3.8, 4) is 0 Å². The molecule has 24 heavy (non-hydrogen) atoms. The second-order valence-corrected chi connectivity index (χ2v) is 6.24. The van der Waals surface area contributed by atoms with Gasteiger partial charge in [-0.2, -0.15) is 0 Å². The van der Waals surface area contributed by atoms with Crippen LogP contribution < -0.4 is 5.32 Å². The first kappa shape index (κ1) is 16.2. The van der Waals surface area contributed by atoms with E-state index in [1.165, 1.54) is 11.1 Å². The molecule has 1 aliphatic carbocycles. The number of amides is 1. The Morgan fingerprint density at radius 1 is 1.08 bits per heavy atom. The Morgan fingerprint density at radius 2 is 1.88 bits per heavy atom. The third kappa shape index (κ3) is 3.65. The largest absolute Gasteiger partial charge is 0.449 e. The number of esters is 1. The van der Waals surface area contributed by atoms with E-state index < -0.39 is 12.1 Å². The maximum atomic E-state index is 12.3. The molecule has 0 saturated heterocycles. The highest BCUT2D eigenvalue weighted by Gasteiger charge is 2.20. The molecule has 1 N–H and O–H groups in total. The minimum Gasteiger partial charge on any atom is -0.449 e. The Hall–Kier alpha value is -2.62. The van der Waals surface area contributed by atoms with Crippen LogP contribution in [0.4, 0.5) is 5.69 Å². The standard InChI is InChI=1S/C20H21NO3/c1-13-5-3-8-18(11-13)21-19(22)14(2)24-20(23)17-10-9-15-6-4-7-16(15)12-17/h3,5,8-12,14H,4,6-7H2,1-2H3,(H,21,22)/t14-/m0/s1. The van der Waals surface area contributed by atoms with Gasteiger partial charge in [-0.3, -0.25) is 4.79 Å². The van der Waals surface area contributed by atoms with Crippen molar-refractivity contribution < 1.29 is 14.3 Å². The zero-order valence-electron chi connectivity index (χ0n) is 14.0. The second-order valence-electron chi connectivity index (χ2n) is 6.24. The third-order valence-corrected chi connectivity index (χ3v) is 4.27. The summed E-state index contributed by atoms with van der Waals surface area (Å²) in [5, 5.41) is 2.76. The van der Waals surface area contributed by atoms with Crippen LogP contribution in [0.1, 0.15) is 40.4 Å². The zero-order valence-corrected chi connectivity index (χ0v) is 14.0. The Labute approximate surface area is 141 Å². The number of anilines is 1. The van der Waals surface area contributed by atoms with Gasteiger partial charge in [-0.15, -0.1) is 0 Å². The molecule has 3 rings (SSSR count). The molecule has 1 aliphatic rings.